The minimum absolute atomic E-state index is 0.115. The van der Waals surface area contributed by atoms with Gasteiger partial charge in [0.25, 0.3) is 5.91 Å². The van der Waals surface area contributed by atoms with Gasteiger partial charge in [-0.25, -0.2) is 18.1 Å². The molecule has 2 saturated heterocycles. The molecule has 0 unspecified atom stereocenters. The van der Waals surface area contributed by atoms with E-state index in [1.807, 2.05) is 20.8 Å². The number of aryl methyl sites for hydroxylation is 1. The van der Waals surface area contributed by atoms with Crippen molar-refractivity contribution in [2.24, 2.45) is 5.41 Å². The Kier molecular flexibility index (Phi) is 7.11. The van der Waals surface area contributed by atoms with Gasteiger partial charge in [-0.2, -0.15) is 4.98 Å². The van der Waals surface area contributed by atoms with Gasteiger partial charge in [0.2, 0.25) is 16.0 Å². The summed E-state index contributed by atoms with van der Waals surface area (Å²) in [5.41, 5.74) is 0.746. The molecule has 212 valence electrons. The molecule has 2 aromatic rings. The highest BCUT2D eigenvalue weighted by molar-refractivity contribution is 7.89. The minimum Gasteiger partial charge on any atom is -0.394 e. The highest BCUT2D eigenvalue weighted by Crippen LogP contribution is 2.54. The minimum atomic E-state index is -3.82. The summed E-state index contributed by atoms with van der Waals surface area (Å²) in [4.78, 5) is 24.6. The van der Waals surface area contributed by atoms with Crippen molar-refractivity contribution in [1.29, 1.82) is 0 Å². The zero-order chi connectivity index (χ0) is 28.1. The Bertz CT molecular complexity index is 1360. The number of aromatic nitrogens is 2. The zero-order valence-corrected chi connectivity index (χ0v) is 23.8. The summed E-state index contributed by atoms with van der Waals surface area (Å²) in [6.07, 6.45) is 4.53. The van der Waals surface area contributed by atoms with Crippen LogP contribution in [0.15, 0.2) is 29.2 Å². The molecule has 39 heavy (non-hydrogen) atoms. The van der Waals surface area contributed by atoms with Crippen LogP contribution in [0.5, 0.6) is 0 Å². The topological polar surface area (TPSA) is 146 Å². The number of amides is 1. The third-order valence-corrected chi connectivity index (χ3v) is 9.45. The van der Waals surface area contributed by atoms with Crippen molar-refractivity contribution in [3.05, 3.63) is 35.5 Å². The predicted octanol–water partition coefficient (Wildman–Crippen LogP) is 2.67. The van der Waals surface area contributed by atoms with Gasteiger partial charge in [-0.05, 0) is 77.0 Å². The summed E-state index contributed by atoms with van der Waals surface area (Å²) in [6, 6.07) is 6.31. The van der Waals surface area contributed by atoms with Crippen molar-refractivity contribution >= 4 is 33.4 Å². The fourth-order valence-electron chi connectivity index (χ4n) is 5.10. The van der Waals surface area contributed by atoms with Crippen LogP contribution in [-0.2, 0) is 14.8 Å². The number of carbonyl (C=O) groups excluding carboxylic acids is 1. The zero-order valence-electron chi connectivity index (χ0n) is 23.0. The molecule has 1 spiro atoms. The molecular weight excluding hydrogens is 520 g/mol. The van der Waals surface area contributed by atoms with Crippen LogP contribution in [0.25, 0.3) is 0 Å². The Morgan fingerprint density at radius 2 is 1.82 bits per heavy atom. The number of aliphatic hydroxyl groups excluding tert-OH is 1. The first-order valence-electron chi connectivity index (χ1n) is 13.4. The van der Waals surface area contributed by atoms with Gasteiger partial charge in [-0.1, -0.05) is 0 Å². The van der Waals surface area contributed by atoms with Gasteiger partial charge < -0.3 is 25.4 Å². The van der Waals surface area contributed by atoms with Crippen LogP contribution < -0.4 is 20.3 Å². The number of piperidine rings is 1. The van der Waals surface area contributed by atoms with Crippen LogP contribution in [0.1, 0.15) is 62.5 Å². The normalized spacial score (nSPS) is 19.9. The van der Waals surface area contributed by atoms with Crippen LogP contribution in [0.3, 0.4) is 0 Å². The number of nitrogens with zero attached hydrogens (tertiary/aromatic N) is 3. The maximum atomic E-state index is 13.6. The molecule has 3 aliphatic rings. The monoisotopic (exact) mass is 558 g/mol. The van der Waals surface area contributed by atoms with Crippen molar-refractivity contribution in [2.75, 3.05) is 48.4 Å². The highest BCUT2D eigenvalue weighted by Gasteiger charge is 2.45. The van der Waals surface area contributed by atoms with Gasteiger partial charge in [0, 0.05) is 24.8 Å². The number of sulfonamides is 1. The van der Waals surface area contributed by atoms with E-state index in [1.165, 1.54) is 18.9 Å². The van der Waals surface area contributed by atoms with Gasteiger partial charge in [0.1, 0.15) is 5.82 Å². The molecule has 5 rings (SSSR count). The van der Waals surface area contributed by atoms with Gasteiger partial charge in [-0.3, -0.25) is 4.79 Å². The van der Waals surface area contributed by atoms with E-state index in [0.29, 0.717) is 41.4 Å². The SMILES string of the molecule is Cc1cc(NC(=O)c2ccc(S(=O)(=O)NC3(C)COC3)cc2N2CCC3(CC2)CC3)nc(NC(C)(C)CO)n1. The summed E-state index contributed by atoms with van der Waals surface area (Å²) < 4.78 is 34.4. The lowest BCUT2D eigenvalue weighted by atomic mass is 9.93. The number of hydrogen-bond acceptors (Lipinski definition) is 9. The first kappa shape index (κ1) is 27.8. The van der Waals surface area contributed by atoms with Crippen LogP contribution in [0, 0.1) is 12.3 Å². The summed E-state index contributed by atoms with van der Waals surface area (Å²) in [7, 11) is -3.82. The van der Waals surface area contributed by atoms with E-state index in [1.54, 1.807) is 25.1 Å². The second-order valence-electron chi connectivity index (χ2n) is 12.2. The molecule has 12 heteroatoms. The first-order chi connectivity index (χ1) is 18.3. The van der Waals surface area contributed by atoms with E-state index in [2.05, 4.69) is 30.2 Å². The van der Waals surface area contributed by atoms with Crippen molar-refractivity contribution in [1.82, 2.24) is 14.7 Å². The van der Waals surface area contributed by atoms with Gasteiger partial charge in [-0.15, -0.1) is 0 Å². The molecule has 2 aliphatic heterocycles. The Hall–Kier alpha value is -2.80. The molecule has 0 atom stereocenters. The summed E-state index contributed by atoms with van der Waals surface area (Å²) in [5.74, 6) is 0.205. The van der Waals surface area contributed by atoms with E-state index >= 15 is 0 Å². The molecular formula is C27H38N6O5S. The van der Waals surface area contributed by atoms with Gasteiger partial charge in [0.15, 0.2) is 0 Å². The van der Waals surface area contributed by atoms with E-state index in [9.17, 15) is 18.3 Å². The average molecular weight is 559 g/mol. The maximum absolute atomic E-state index is 13.6. The molecule has 1 aromatic carbocycles. The van der Waals surface area contributed by atoms with E-state index in [4.69, 9.17) is 4.74 Å². The number of ether oxygens (including phenoxy) is 1. The van der Waals surface area contributed by atoms with Crippen molar-refractivity contribution in [3.63, 3.8) is 0 Å². The van der Waals surface area contributed by atoms with Crippen molar-refractivity contribution in [2.45, 2.75) is 69.4 Å². The highest BCUT2D eigenvalue weighted by atomic mass is 32.2. The van der Waals surface area contributed by atoms with E-state index in [-0.39, 0.29) is 17.5 Å². The van der Waals surface area contributed by atoms with Crippen LogP contribution in [0.2, 0.25) is 0 Å². The standard InChI is InChI=1S/C27H38N6O5S/c1-18-13-22(30-24(28-18)31-25(2,3)15-34)29-23(35)20-6-5-19(39(36,37)32-26(4)16-38-17-26)14-21(20)33-11-9-27(7-8-27)10-12-33/h5-6,13-14,32,34H,7-12,15-17H2,1-4H3,(H2,28,29,30,31,35). The van der Waals surface area contributed by atoms with Crippen molar-refractivity contribution < 1.29 is 23.1 Å². The largest absolute Gasteiger partial charge is 0.394 e. The number of hydrogen-bond donors (Lipinski definition) is 4. The van der Waals surface area contributed by atoms with Gasteiger partial charge in [0.05, 0.1) is 47.0 Å². The summed E-state index contributed by atoms with van der Waals surface area (Å²) >= 11 is 0. The molecule has 1 aromatic heterocycles. The lowest BCUT2D eigenvalue weighted by molar-refractivity contribution is -0.0523. The third kappa shape index (κ3) is 6.19. The second kappa shape index (κ2) is 9.99. The number of benzene rings is 1. The lowest BCUT2D eigenvalue weighted by Gasteiger charge is -2.38. The second-order valence-corrected chi connectivity index (χ2v) is 13.8. The lowest BCUT2D eigenvalue weighted by Crippen LogP contribution is -2.59. The fourth-order valence-corrected chi connectivity index (χ4v) is 6.49. The smallest absolute Gasteiger partial charge is 0.258 e. The Morgan fingerprint density at radius 3 is 2.41 bits per heavy atom. The average Bonchev–Trinajstić information content (AvgIpc) is 3.61. The molecule has 4 N–H and O–H groups in total. The van der Waals surface area contributed by atoms with Crippen LogP contribution >= 0.6 is 0 Å². The first-order valence-corrected chi connectivity index (χ1v) is 14.9. The molecule has 3 heterocycles. The molecule has 11 nitrogen and oxygen atoms in total. The number of rotatable bonds is 9. The van der Waals surface area contributed by atoms with E-state index < -0.39 is 27.0 Å². The Morgan fingerprint density at radius 1 is 1.13 bits per heavy atom. The van der Waals surface area contributed by atoms with Crippen molar-refractivity contribution in [3.8, 4) is 0 Å². The molecule has 0 radical (unpaired) electrons. The summed E-state index contributed by atoms with van der Waals surface area (Å²) in [5, 5.41) is 15.5. The number of nitrogens with one attached hydrogen (secondary N) is 3. The fraction of sp³-hybridized carbons (Fsp3) is 0.593. The van der Waals surface area contributed by atoms with E-state index in [0.717, 1.165) is 25.9 Å². The number of aliphatic hydroxyl groups is 1. The number of carbonyl (C=O) groups is 1. The molecule has 0 bridgehead atoms. The number of anilines is 3. The summed E-state index contributed by atoms with van der Waals surface area (Å²) in [6.45, 7) is 9.28. The molecule has 1 aliphatic carbocycles. The third-order valence-electron chi connectivity index (χ3n) is 7.81. The quantitative estimate of drug-likeness (QED) is 0.365. The van der Waals surface area contributed by atoms with Gasteiger partial charge >= 0.3 is 0 Å². The van der Waals surface area contributed by atoms with Crippen LogP contribution in [-0.4, -0.2) is 73.4 Å². The Labute approximate surface area is 229 Å². The Balaban J connectivity index is 1.43. The van der Waals surface area contributed by atoms with Crippen LogP contribution in [0.4, 0.5) is 17.5 Å². The molecule has 1 saturated carbocycles. The molecule has 1 amide bonds. The maximum Gasteiger partial charge on any atom is 0.258 e. The molecule has 3 fully saturated rings. The predicted molar refractivity (Wildman–Crippen MR) is 149 cm³/mol.